The summed E-state index contributed by atoms with van der Waals surface area (Å²) >= 11 is 0. The molecule has 0 aromatic rings. The van der Waals surface area contributed by atoms with Gasteiger partial charge in [0.25, 0.3) is 0 Å². The average molecular weight is 166 g/mol. The number of hydrogen-bond acceptors (Lipinski definition) is 3. The molecule has 0 radical (unpaired) electrons. The van der Waals surface area contributed by atoms with Crippen LogP contribution in [0.5, 0.6) is 0 Å². The van der Waals surface area contributed by atoms with Crippen LogP contribution >= 0.6 is 0 Å². The van der Waals surface area contributed by atoms with Crippen LogP contribution < -0.4 is 0 Å². The van der Waals surface area contributed by atoms with Crippen LogP contribution in [0.25, 0.3) is 0 Å². The highest BCUT2D eigenvalue weighted by Gasteiger charge is 2.11. The van der Waals surface area contributed by atoms with E-state index in [1.807, 2.05) is 6.08 Å². The zero-order valence-electron chi connectivity index (χ0n) is 6.87. The van der Waals surface area contributed by atoms with Gasteiger partial charge in [-0.3, -0.25) is 4.79 Å². The predicted molar refractivity (Wildman–Crippen MR) is 43.2 cm³/mol. The van der Waals surface area contributed by atoms with Crippen LogP contribution in [-0.4, -0.2) is 11.9 Å². The molecule has 0 N–H and O–H groups in total. The maximum atomic E-state index is 11.0. The van der Waals surface area contributed by atoms with Gasteiger partial charge in [0, 0.05) is 6.92 Å². The monoisotopic (exact) mass is 166 g/mol. The van der Waals surface area contributed by atoms with Gasteiger partial charge in [-0.15, -0.1) is 0 Å². The summed E-state index contributed by atoms with van der Waals surface area (Å²) in [4.78, 5) is 21.4. The van der Waals surface area contributed by atoms with E-state index >= 15 is 0 Å². The lowest BCUT2D eigenvalue weighted by atomic mass is 10.1. The molecule has 64 valence electrons. The third-order valence-electron chi connectivity index (χ3n) is 1.47. The quantitative estimate of drug-likeness (QED) is 0.436. The van der Waals surface area contributed by atoms with Crippen molar-refractivity contribution in [3.05, 3.63) is 23.8 Å². The van der Waals surface area contributed by atoms with Crippen LogP contribution in [0, 0.1) is 0 Å². The molecule has 0 bridgehead atoms. The van der Waals surface area contributed by atoms with Gasteiger partial charge in [-0.05, 0) is 12.8 Å². The summed E-state index contributed by atoms with van der Waals surface area (Å²) in [5.74, 6) is -1.13. The number of carbonyl (C=O) groups excluding carboxylic acids is 2. The summed E-state index contributed by atoms with van der Waals surface area (Å²) in [5.41, 5.74) is 0.469. The average Bonchev–Trinajstić information content (AvgIpc) is 2.05. The predicted octanol–water partition coefficient (Wildman–Crippen LogP) is 1.35. The fourth-order valence-electron chi connectivity index (χ4n) is 0.954. The Balaban J connectivity index is 2.58. The fraction of sp³-hybridized carbons (Fsp3) is 0.333. The van der Waals surface area contributed by atoms with Gasteiger partial charge in [-0.1, -0.05) is 18.2 Å². The summed E-state index contributed by atoms with van der Waals surface area (Å²) in [6.07, 6.45) is 7.10. The third-order valence-corrected chi connectivity index (χ3v) is 1.47. The molecule has 12 heavy (non-hydrogen) atoms. The Bertz CT molecular complexity index is 261. The topological polar surface area (TPSA) is 43.4 Å². The van der Waals surface area contributed by atoms with Gasteiger partial charge in [0.2, 0.25) is 0 Å². The molecule has 1 aliphatic rings. The second-order valence-electron chi connectivity index (χ2n) is 2.52. The molecular formula is C9H10O3. The summed E-state index contributed by atoms with van der Waals surface area (Å²) in [7, 11) is 0. The Hall–Kier alpha value is -1.38. The van der Waals surface area contributed by atoms with E-state index in [0.717, 1.165) is 12.8 Å². The number of esters is 2. The molecule has 0 aliphatic heterocycles. The first-order chi connectivity index (χ1) is 5.70. The molecule has 1 aliphatic carbocycles. The minimum Gasteiger partial charge on any atom is -0.390 e. The van der Waals surface area contributed by atoms with E-state index in [4.69, 9.17) is 0 Å². The first-order valence-electron chi connectivity index (χ1n) is 3.79. The standard InChI is InChI=1S/C9H10O3/c1-7(10)12-9(11)8-5-3-2-4-6-8/h3,5-6H,2,4H2,1H3. The molecule has 0 aromatic heterocycles. The summed E-state index contributed by atoms with van der Waals surface area (Å²) in [6, 6.07) is 0. The van der Waals surface area contributed by atoms with Gasteiger partial charge < -0.3 is 4.74 Å². The largest absolute Gasteiger partial charge is 0.390 e. The molecule has 0 saturated carbocycles. The first kappa shape index (κ1) is 8.71. The van der Waals surface area contributed by atoms with Crippen LogP contribution in [0.3, 0.4) is 0 Å². The molecule has 0 amide bonds. The zero-order chi connectivity index (χ0) is 8.97. The van der Waals surface area contributed by atoms with Crippen molar-refractivity contribution in [1.29, 1.82) is 0 Å². The number of ether oxygens (including phenoxy) is 1. The van der Waals surface area contributed by atoms with Crippen LogP contribution in [-0.2, 0) is 14.3 Å². The summed E-state index contributed by atoms with van der Waals surface area (Å²) < 4.78 is 4.39. The van der Waals surface area contributed by atoms with Gasteiger partial charge in [0.1, 0.15) is 0 Å². The second kappa shape index (κ2) is 3.85. The Morgan fingerprint density at radius 1 is 1.42 bits per heavy atom. The maximum absolute atomic E-state index is 11.0. The molecule has 0 aromatic carbocycles. The van der Waals surface area contributed by atoms with Crippen LogP contribution in [0.15, 0.2) is 23.8 Å². The van der Waals surface area contributed by atoms with E-state index in [-0.39, 0.29) is 0 Å². The maximum Gasteiger partial charge on any atom is 0.345 e. The van der Waals surface area contributed by atoms with Crippen molar-refractivity contribution in [3.63, 3.8) is 0 Å². The number of rotatable bonds is 1. The molecule has 0 fully saturated rings. The Morgan fingerprint density at radius 3 is 2.67 bits per heavy atom. The molecule has 0 saturated heterocycles. The van der Waals surface area contributed by atoms with Crippen molar-refractivity contribution in [2.24, 2.45) is 0 Å². The minimum atomic E-state index is -0.570. The Morgan fingerprint density at radius 2 is 2.17 bits per heavy atom. The van der Waals surface area contributed by atoms with Crippen molar-refractivity contribution in [3.8, 4) is 0 Å². The molecule has 0 heterocycles. The van der Waals surface area contributed by atoms with Crippen molar-refractivity contribution < 1.29 is 14.3 Å². The smallest absolute Gasteiger partial charge is 0.345 e. The van der Waals surface area contributed by atoms with E-state index in [2.05, 4.69) is 4.74 Å². The van der Waals surface area contributed by atoms with Crippen molar-refractivity contribution in [1.82, 2.24) is 0 Å². The molecular weight excluding hydrogens is 156 g/mol. The van der Waals surface area contributed by atoms with E-state index < -0.39 is 11.9 Å². The van der Waals surface area contributed by atoms with Crippen molar-refractivity contribution in [2.75, 3.05) is 0 Å². The lowest BCUT2D eigenvalue weighted by Crippen LogP contribution is -2.11. The van der Waals surface area contributed by atoms with E-state index in [9.17, 15) is 9.59 Å². The van der Waals surface area contributed by atoms with Crippen molar-refractivity contribution in [2.45, 2.75) is 19.8 Å². The third kappa shape index (κ3) is 2.34. The van der Waals surface area contributed by atoms with Crippen LogP contribution in [0.4, 0.5) is 0 Å². The van der Waals surface area contributed by atoms with Gasteiger partial charge in [0.15, 0.2) is 0 Å². The summed E-state index contributed by atoms with van der Waals surface area (Å²) in [5, 5.41) is 0. The molecule has 0 atom stereocenters. The van der Waals surface area contributed by atoms with Crippen LogP contribution in [0.2, 0.25) is 0 Å². The van der Waals surface area contributed by atoms with E-state index in [1.165, 1.54) is 6.92 Å². The number of hydrogen-bond donors (Lipinski definition) is 0. The van der Waals surface area contributed by atoms with E-state index in [1.54, 1.807) is 12.2 Å². The lowest BCUT2D eigenvalue weighted by Gasteiger charge is -2.03. The molecule has 1 rings (SSSR count). The lowest BCUT2D eigenvalue weighted by molar-refractivity contribution is -0.154. The fourth-order valence-corrected chi connectivity index (χ4v) is 0.954. The van der Waals surface area contributed by atoms with E-state index in [0.29, 0.717) is 5.57 Å². The Kier molecular flexibility index (Phi) is 2.80. The number of allylic oxidation sites excluding steroid dienone is 2. The highest BCUT2D eigenvalue weighted by Crippen LogP contribution is 2.10. The van der Waals surface area contributed by atoms with Gasteiger partial charge in [-0.25, -0.2) is 4.79 Å². The normalized spacial score (nSPS) is 15.2. The van der Waals surface area contributed by atoms with Crippen molar-refractivity contribution >= 4 is 11.9 Å². The minimum absolute atomic E-state index is 0.469. The Labute approximate surface area is 70.7 Å². The van der Waals surface area contributed by atoms with Gasteiger partial charge >= 0.3 is 11.9 Å². The summed E-state index contributed by atoms with van der Waals surface area (Å²) in [6.45, 7) is 1.21. The first-order valence-corrected chi connectivity index (χ1v) is 3.79. The second-order valence-corrected chi connectivity index (χ2v) is 2.52. The molecule has 0 spiro atoms. The molecule has 3 nitrogen and oxygen atoms in total. The zero-order valence-corrected chi connectivity index (χ0v) is 6.87. The van der Waals surface area contributed by atoms with Gasteiger partial charge in [-0.2, -0.15) is 0 Å². The number of carbonyl (C=O) groups is 2. The highest BCUT2D eigenvalue weighted by molar-refractivity contribution is 5.97. The SMILES string of the molecule is CC(=O)OC(=O)C1=CCCC=C1. The van der Waals surface area contributed by atoms with Gasteiger partial charge in [0.05, 0.1) is 5.57 Å². The molecule has 3 heteroatoms. The molecule has 0 unspecified atom stereocenters. The van der Waals surface area contributed by atoms with Crippen LogP contribution in [0.1, 0.15) is 19.8 Å². The highest BCUT2D eigenvalue weighted by atomic mass is 16.6.